The zero-order valence-electron chi connectivity index (χ0n) is 7.72. The van der Waals surface area contributed by atoms with Gasteiger partial charge < -0.3 is 15.2 Å². The SMILES string of the molecule is CN(C)c1nc(=S)[nH]c2c1CNC2. The Morgan fingerprint density at radius 1 is 1.38 bits per heavy atom. The molecule has 13 heavy (non-hydrogen) atoms. The molecule has 1 aliphatic heterocycles. The Hall–Kier alpha value is -0.940. The third-order valence-corrected chi connectivity index (χ3v) is 2.32. The lowest BCUT2D eigenvalue weighted by molar-refractivity contribution is 0.757. The molecule has 2 N–H and O–H groups in total. The summed E-state index contributed by atoms with van der Waals surface area (Å²) >= 11 is 5.04. The fourth-order valence-electron chi connectivity index (χ4n) is 1.55. The van der Waals surface area contributed by atoms with Crippen LogP contribution >= 0.6 is 12.2 Å². The molecule has 0 saturated carbocycles. The van der Waals surface area contributed by atoms with Crippen LogP contribution in [0.25, 0.3) is 0 Å². The van der Waals surface area contributed by atoms with Gasteiger partial charge in [-0.3, -0.25) is 0 Å². The highest BCUT2D eigenvalue weighted by atomic mass is 32.1. The molecule has 70 valence electrons. The van der Waals surface area contributed by atoms with Gasteiger partial charge in [0.1, 0.15) is 5.82 Å². The number of hydrogen-bond donors (Lipinski definition) is 2. The summed E-state index contributed by atoms with van der Waals surface area (Å²) < 4.78 is 0.561. The molecule has 0 amide bonds. The highest BCUT2D eigenvalue weighted by Crippen LogP contribution is 2.21. The van der Waals surface area contributed by atoms with Crippen LogP contribution in [0.2, 0.25) is 0 Å². The standard InChI is InChI=1S/C8H12N4S/c1-12(2)7-5-3-9-4-6(5)10-8(13)11-7/h9H,3-4H2,1-2H3,(H,10,11,13). The van der Waals surface area contributed by atoms with Crippen LogP contribution in [0.1, 0.15) is 11.3 Å². The van der Waals surface area contributed by atoms with E-state index >= 15 is 0 Å². The van der Waals surface area contributed by atoms with Crippen LogP contribution in [0.5, 0.6) is 0 Å². The Morgan fingerprint density at radius 3 is 2.85 bits per heavy atom. The molecule has 0 aliphatic carbocycles. The smallest absolute Gasteiger partial charge is 0.199 e. The second-order valence-corrected chi connectivity index (χ2v) is 3.71. The minimum Gasteiger partial charge on any atom is -0.362 e. The van der Waals surface area contributed by atoms with Gasteiger partial charge in [0.15, 0.2) is 4.77 Å². The van der Waals surface area contributed by atoms with Crippen molar-refractivity contribution in [3.8, 4) is 0 Å². The van der Waals surface area contributed by atoms with Gasteiger partial charge in [0.05, 0.1) is 0 Å². The third-order valence-electron chi connectivity index (χ3n) is 2.13. The van der Waals surface area contributed by atoms with Gasteiger partial charge in [-0.15, -0.1) is 0 Å². The van der Waals surface area contributed by atoms with E-state index < -0.39 is 0 Å². The van der Waals surface area contributed by atoms with Crippen LogP contribution in [-0.2, 0) is 13.1 Å². The summed E-state index contributed by atoms with van der Waals surface area (Å²) in [5, 5.41) is 3.27. The van der Waals surface area contributed by atoms with E-state index in [1.54, 1.807) is 0 Å². The van der Waals surface area contributed by atoms with E-state index in [2.05, 4.69) is 15.3 Å². The molecule has 4 nitrogen and oxygen atoms in total. The molecule has 1 aromatic heterocycles. The van der Waals surface area contributed by atoms with Crippen molar-refractivity contribution in [1.82, 2.24) is 15.3 Å². The van der Waals surface area contributed by atoms with Gasteiger partial charge in [0, 0.05) is 38.4 Å². The zero-order chi connectivity index (χ0) is 9.42. The highest BCUT2D eigenvalue weighted by Gasteiger charge is 2.17. The number of rotatable bonds is 1. The maximum absolute atomic E-state index is 5.04. The molecular weight excluding hydrogens is 184 g/mol. The van der Waals surface area contributed by atoms with Crippen molar-refractivity contribution in [3.05, 3.63) is 16.0 Å². The van der Waals surface area contributed by atoms with Crippen LogP contribution < -0.4 is 10.2 Å². The minimum absolute atomic E-state index is 0.561. The largest absolute Gasteiger partial charge is 0.362 e. The normalized spacial score (nSPS) is 14.3. The van der Waals surface area contributed by atoms with Crippen molar-refractivity contribution in [2.45, 2.75) is 13.1 Å². The molecule has 0 spiro atoms. The van der Waals surface area contributed by atoms with E-state index in [0.717, 1.165) is 18.9 Å². The van der Waals surface area contributed by atoms with Gasteiger partial charge in [-0.25, -0.2) is 4.98 Å². The fourth-order valence-corrected chi connectivity index (χ4v) is 1.76. The highest BCUT2D eigenvalue weighted by molar-refractivity contribution is 7.71. The van der Waals surface area contributed by atoms with Crippen molar-refractivity contribution < 1.29 is 0 Å². The van der Waals surface area contributed by atoms with Crippen LogP contribution in [0, 0.1) is 4.77 Å². The predicted octanol–water partition coefficient (Wildman–Crippen LogP) is 0.808. The molecule has 0 bridgehead atoms. The number of H-pyrrole nitrogens is 1. The molecule has 5 heteroatoms. The van der Waals surface area contributed by atoms with Gasteiger partial charge in [0.2, 0.25) is 0 Å². The summed E-state index contributed by atoms with van der Waals surface area (Å²) in [4.78, 5) is 9.38. The number of aromatic nitrogens is 2. The lowest BCUT2D eigenvalue weighted by Gasteiger charge is -2.14. The zero-order valence-corrected chi connectivity index (χ0v) is 8.53. The second-order valence-electron chi connectivity index (χ2n) is 3.32. The lowest BCUT2D eigenvalue weighted by atomic mass is 10.2. The van der Waals surface area contributed by atoms with E-state index in [0.29, 0.717) is 4.77 Å². The van der Waals surface area contributed by atoms with Crippen molar-refractivity contribution >= 4 is 18.0 Å². The van der Waals surface area contributed by atoms with E-state index in [-0.39, 0.29) is 0 Å². The Morgan fingerprint density at radius 2 is 2.15 bits per heavy atom. The third kappa shape index (κ3) is 1.45. The first-order valence-corrected chi connectivity index (χ1v) is 4.59. The number of aromatic amines is 1. The summed E-state index contributed by atoms with van der Waals surface area (Å²) in [6.45, 7) is 1.74. The molecule has 2 heterocycles. The maximum atomic E-state index is 5.04. The molecule has 1 aromatic rings. The Balaban J connectivity index is 2.62. The summed E-state index contributed by atoms with van der Waals surface area (Å²) in [7, 11) is 3.96. The molecule has 0 unspecified atom stereocenters. The minimum atomic E-state index is 0.561. The van der Waals surface area contributed by atoms with E-state index in [1.165, 1.54) is 11.3 Å². The Labute approximate surface area is 82.0 Å². The maximum Gasteiger partial charge on any atom is 0.199 e. The molecule has 2 rings (SSSR count). The Kier molecular flexibility index (Phi) is 2.05. The molecule has 0 fully saturated rings. The lowest BCUT2D eigenvalue weighted by Crippen LogP contribution is -2.14. The van der Waals surface area contributed by atoms with Crippen molar-refractivity contribution in [2.24, 2.45) is 0 Å². The summed E-state index contributed by atoms with van der Waals surface area (Å²) in [5.41, 5.74) is 2.40. The van der Waals surface area contributed by atoms with Crippen LogP contribution in [0.15, 0.2) is 0 Å². The molecule has 0 saturated heterocycles. The predicted molar refractivity (Wildman–Crippen MR) is 54.3 cm³/mol. The van der Waals surface area contributed by atoms with E-state index in [1.807, 2.05) is 19.0 Å². The molecule has 0 aromatic carbocycles. The number of nitrogens with zero attached hydrogens (tertiary/aromatic N) is 2. The first-order valence-electron chi connectivity index (χ1n) is 4.18. The first kappa shape index (κ1) is 8.65. The summed E-state index contributed by atoms with van der Waals surface area (Å²) in [5.74, 6) is 0.976. The average molecular weight is 196 g/mol. The topological polar surface area (TPSA) is 44.0 Å². The van der Waals surface area contributed by atoms with Gasteiger partial charge in [0.25, 0.3) is 0 Å². The van der Waals surface area contributed by atoms with Crippen LogP contribution in [0.4, 0.5) is 5.82 Å². The monoisotopic (exact) mass is 196 g/mol. The van der Waals surface area contributed by atoms with Crippen molar-refractivity contribution in [1.29, 1.82) is 0 Å². The summed E-state index contributed by atoms with van der Waals surface area (Å²) in [6, 6.07) is 0. The Bertz CT molecular complexity index is 382. The molecular formula is C8H12N4S. The quantitative estimate of drug-likeness (QED) is 0.652. The van der Waals surface area contributed by atoms with Crippen molar-refractivity contribution in [3.63, 3.8) is 0 Å². The number of hydrogen-bond acceptors (Lipinski definition) is 4. The van der Waals surface area contributed by atoms with Gasteiger partial charge in [-0.05, 0) is 12.2 Å². The molecule has 0 radical (unpaired) electrons. The van der Waals surface area contributed by atoms with Gasteiger partial charge >= 0.3 is 0 Å². The second kappa shape index (κ2) is 3.08. The van der Waals surface area contributed by atoms with Crippen LogP contribution in [-0.4, -0.2) is 24.1 Å². The van der Waals surface area contributed by atoms with E-state index in [9.17, 15) is 0 Å². The number of nitrogens with one attached hydrogen (secondary N) is 2. The number of anilines is 1. The molecule has 0 atom stereocenters. The fraction of sp³-hybridized carbons (Fsp3) is 0.500. The van der Waals surface area contributed by atoms with Gasteiger partial charge in [-0.2, -0.15) is 0 Å². The van der Waals surface area contributed by atoms with Crippen LogP contribution in [0.3, 0.4) is 0 Å². The summed E-state index contributed by atoms with van der Waals surface area (Å²) in [6.07, 6.45) is 0. The van der Waals surface area contributed by atoms with Crippen molar-refractivity contribution in [2.75, 3.05) is 19.0 Å². The van der Waals surface area contributed by atoms with Gasteiger partial charge in [-0.1, -0.05) is 0 Å². The number of fused-ring (bicyclic) bond motifs is 1. The first-order chi connectivity index (χ1) is 6.18. The van der Waals surface area contributed by atoms with E-state index in [4.69, 9.17) is 12.2 Å². The average Bonchev–Trinajstić information content (AvgIpc) is 2.49. The molecule has 1 aliphatic rings.